The molecule has 0 amide bonds. The van der Waals surface area contributed by atoms with E-state index in [4.69, 9.17) is 5.73 Å². The first-order chi connectivity index (χ1) is 8.65. The second-order valence-electron chi connectivity index (χ2n) is 4.47. The topological polar surface area (TPSA) is 38.9 Å². The summed E-state index contributed by atoms with van der Waals surface area (Å²) >= 11 is 8.85. The van der Waals surface area contributed by atoms with Crippen LogP contribution >= 0.6 is 43.2 Å². The van der Waals surface area contributed by atoms with E-state index in [0.717, 1.165) is 15.4 Å². The lowest BCUT2D eigenvalue weighted by atomic mass is 9.86. The van der Waals surface area contributed by atoms with Crippen molar-refractivity contribution in [2.75, 3.05) is 5.73 Å². The fourth-order valence-electron chi connectivity index (χ4n) is 2.52. The number of nitrogen functional groups attached to an aromatic ring is 1. The van der Waals surface area contributed by atoms with Gasteiger partial charge in [0.2, 0.25) is 0 Å². The van der Waals surface area contributed by atoms with Gasteiger partial charge >= 0.3 is 0 Å². The van der Waals surface area contributed by atoms with Crippen LogP contribution in [-0.4, -0.2) is 4.98 Å². The molecule has 0 spiro atoms. The number of hydrogen-bond donors (Lipinski definition) is 1. The Morgan fingerprint density at radius 2 is 2.17 bits per heavy atom. The summed E-state index contributed by atoms with van der Waals surface area (Å²) in [5.41, 5.74) is 8.38. The first-order valence-electron chi connectivity index (χ1n) is 5.85. The Morgan fingerprint density at radius 3 is 3.00 bits per heavy atom. The van der Waals surface area contributed by atoms with E-state index >= 15 is 0 Å². The summed E-state index contributed by atoms with van der Waals surface area (Å²) in [6.07, 6.45) is 3.41. The van der Waals surface area contributed by atoms with Gasteiger partial charge in [0, 0.05) is 19.7 Å². The van der Waals surface area contributed by atoms with Crippen molar-refractivity contribution in [1.82, 2.24) is 4.98 Å². The van der Waals surface area contributed by atoms with E-state index < -0.39 is 0 Å². The SMILES string of the molecule is Nc1nc2c(s1)C(c1cc(Br)ccc1Br)CCC2. The lowest BCUT2D eigenvalue weighted by molar-refractivity contribution is 0.615. The number of halogens is 2. The second kappa shape index (κ2) is 4.94. The van der Waals surface area contributed by atoms with Crippen molar-refractivity contribution in [3.8, 4) is 0 Å². The van der Waals surface area contributed by atoms with Crippen LogP contribution in [0.1, 0.15) is 34.9 Å². The van der Waals surface area contributed by atoms with Crippen LogP contribution in [0.25, 0.3) is 0 Å². The molecule has 1 aliphatic rings. The van der Waals surface area contributed by atoms with Gasteiger partial charge in [0.15, 0.2) is 5.13 Å². The number of rotatable bonds is 1. The molecule has 18 heavy (non-hydrogen) atoms. The molecule has 1 aromatic heterocycles. The number of nitrogens with two attached hydrogens (primary N) is 1. The van der Waals surface area contributed by atoms with Crippen LogP contribution in [0.5, 0.6) is 0 Å². The number of fused-ring (bicyclic) bond motifs is 1. The molecule has 0 fully saturated rings. The number of thiazole rings is 1. The van der Waals surface area contributed by atoms with Crippen LogP contribution < -0.4 is 5.73 Å². The molecule has 3 rings (SSSR count). The predicted octanol–water partition coefficient (Wildman–Crippen LogP) is 4.72. The van der Waals surface area contributed by atoms with Gasteiger partial charge in [-0.15, -0.1) is 11.3 Å². The molecule has 1 unspecified atom stereocenters. The Labute approximate surface area is 127 Å². The Balaban J connectivity index is 2.10. The molecule has 0 radical (unpaired) electrons. The highest BCUT2D eigenvalue weighted by atomic mass is 79.9. The van der Waals surface area contributed by atoms with Crippen molar-refractivity contribution < 1.29 is 0 Å². The Kier molecular flexibility index (Phi) is 3.47. The number of benzene rings is 1. The molecule has 1 atom stereocenters. The zero-order valence-corrected chi connectivity index (χ0v) is 13.6. The van der Waals surface area contributed by atoms with E-state index in [1.165, 1.54) is 29.0 Å². The molecule has 2 nitrogen and oxygen atoms in total. The van der Waals surface area contributed by atoms with E-state index in [0.29, 0.717) is 11.0 Å². The molecular weight excluding hydrogens is 376 g/mol. The first kappa shape index (κ1) is 12.6. The van der Waals surface area contributed by atoms with E-state index in [9.17, 15) is 0 Å². The minimum atomic E-state index is 0.426. The van der Waals surface area contributed by atoms with Crippen LogP contribution in [0.2, 0.25) is 0 Å². The molecule has 1 heterocycles. The summed E-state index contributed by atoms with van der Waals surface area (Å²) in [7, 11) is 0. The number of nitrogens with zero attached hydrogens (tertiary/aromatic N) is 1. The van der Waals surface area contributed by atoms with Crippen LogP contribution in [0.4, 0.5) is 5.13 Å². The number of hydrogen-bond acceptors (Lipinski definition) is 3. The zero-order valence-electron chi connectivity index (χ0n) is 9.62. The summed E-state index contributed by atoms with van der Waals surface area (Å²) < 4.78 is 2.28. The number of aryl methyl sites for hydroxylation is 1. The minimum absolute atomic E-state index is 0.426. The van der Waals surface area contributed by atoms with Gasteiger partial charge in [-0.25, -0.2) is 4.98 Å². The lowest BCUT2D eigenvalue weighted by Crippen LogP contribution is -2.09. The molecular formula is C13H12Br2N2S. The van der Waals surface area contributed by atoms with Crippen molar-refractivity contribution in [1.29, 1.82) is 0 Å². The summed E-state index contributed by atoms with van der Waals surface area (Å²) in [6.45, 7) is 0. The highest BCUT2D eigenvalue weighted by molar-refractivity contribution is 9.11. The molecule has 94 valence electrons. The normalized spacial score (nSPS) is 18.7. The van der Waals surface area contributed by atoms with Gasteiger partial charge in [0.1, 0.15) is 0 Å². The quantitative estimate of drug-likeness (QED) is 0.768. The van der Waals surface area contributed by atoms with Gasteiger partial charge < -0.3 is 5.73 Å². The van der Waals surface area contributed by atoms with E-state index in [1.807, 2.05) is 0 Å². The lowest BCUT2D eigenvalue weighted by Gasteiger charge is -2.22. The summed E-state index contributed by atoms with van der Waals surface area (Å²) in [5, 5.41) is 0.693. The monoisotopic (exact) mass is 386 g/mol. The molecule has 0 bridgehead atoms. The zero-order chi connectivity index (χ0) is 12.7. The van der Waals surface area contributed by atoms with Crippen molar-refractivity contribution in [2.24, 2.45) is 0 Å². The fraction of sp³-hybridized carbons (Fsp3) is 0.308. The van der Waals surface area contributed by atoms with Crippen molar-refractivity contribution in [3.05, 3.63) is 43.3 Å². The Morgan fingerprint density at radius 1 is 1.33 bits per heavy atom. The molecule has 5 heteroatoms. The van der Waals surface area contributed by atoms with Gasteiger partial charge in [-0.1, -0.05) is 31.9 Å². The van der Waals surface area contributed by atoms with E-state index in [2.05, 4.69) is 55.0 Å². The maximum absolute atomic E-state index is 5.85. The van der Waals surface area contributed by atoms with Gasteiger partial charge in [-0.2, -0.15) is 0 Å². The average molecular weight is 388 g/mol. The summed E-state index contributed by atoms with van der Waals surface area (Å²) in [6, 6.07) is 6.34. The third-order valence-corrected chi connectivity index (χ3v) is 5.56. The maximum atomic E-state index is 5.85. The van der Waals surface area contributed by atoms with Gasteiger partial charge in [-0.3, -0.25) is 0 Å². The first-order valence-corrected chi connectivity index (χ1v) is 8.25. The molecule has 2 aromatic rings. The summed E-state index contributed by atoms with van der Waals surface area (Å²) in [4.78, 5) is 5.79. The largest absolute Gasteiger partial charge is 0.375 e. The predicted molar refractivity (Wildman–Crippen MR) is 83.1 cm³/mol. The second-order valence-corrected chi connectivity index (χ2v) is 7.31. The Hall–Kier alpha value is -0.390. The van der Waals surface area contributed by atoms with Crippen LogP contribution in [0.3, 0.4) is 0 Å². The number of anilines is 1. The minimum Gasteiger partial charge on any atom is -0.375 e. The smallest absolute Gasteiger partial charge is 0.180 e. The van der Waals surface area contributed by atoms with E-state index in [-0.39, 0.29) is 0 Å². The fourth-order valence-corrected chi connectivity index (χ4v) is 4.45. The van der Waals surface area contributed by atoms with Crippen molar-refractivity contribution in [3.63, 3.8) is 0 Å². The van der Waals surface area contributed by atoms with Crippen molar-refractivity contribution in [2.45, 2.75) is 25.2 Å². The van der Waals surface area contributed by atoms with Gasteiger partial charge in [0.05, 0.1) is 5.69 Å². The third kappa shape index (κ3) is 2.24. The van der Waals surface area contributed by atoms with Crippen LogP contribution in [0, 0.1) is 0 Å². The Bertz CT molecular complexity index is 595. The molecule has 2 N–H and O–H groups in total. The highest BCUT2D eigenvalue weighted by Gasteiger charge is 2.26. The molecule has 0 aliphatic heterocycles. The molecule has 1 aliphatic carbocycles. The number of aromatic nitrogens is 1. The average Bonchev–Trinajstić information content (AvgIpc) is 2.72. The van der Waals surface area contributed by atoms with E-state index in [1.54, 1.807) is 11.3 Å². The van der Waals surface area contributed by atoms with Crippen LogP contribution in [0.15, 0.2) is 27.1 Å². The van der Waals surface area contributed by atoms with Crippen molar-refractivity contribution >= 4 is 48.3 Å². The standard InChI is InChI=1S/C13H12Br2N2S/c14-7-4-5-10(15)9(6-7)8-2-1-3-11-12(8)18-13(16)17-11/h4-6,8H,1-3H2,(H2,16,17). The highest BCUT2D eigenvalue weighted by Crippen LogP contribution is 2.43. The molecule has 0 saturated carbocycles. The third-order valence-electron chi connectivity index (χ3n) is 3.30. The molecule has 1 aromatic carbocycles. The summed E-state index contributed by atoms with van der Waals surface area (Å²) in [5.74, 6) is 0.426. The maximum Gasteiger partial charge on any atom is 0.180 e. The van der Waals surface area contributed by atoms with Gasteiger partial charge in [0.25, 0.3) is 0 Å². The molecule has 0 saturated heterocycles. The van der Waals surface area contributed by atoms with Crippen LogP contribution in [-0.2, 0) is 6.42 Å². The van der Waals surface area contributed by atoms with Gasteiger partial charge in [-0.05, 0) is 43.0 Å².